The molecule has 7 nitrogen and oxygen atoms in total. The molecule has 0 aliphatic carbocycles. The predicted octanol–water partition coefficient (Wildman–Crippen LogP) is 4.73. The van der Waals surface area contributed by atoms with Gasteiger partial charge in [-0.15, -0.1) is 0 Å². The Balaban J connectivity index is 2.12. The number of nitrogens with zero attached hydrogens (tertiary/aromatic N) is 3. The van der Waals surface area contributed by atoms with Gasteiger partial charge < -0.3 is 5.73 Å². The van der Waals surface area contributed by atoms with Crippen molar-refractivity contribution in [2.45, 2.75) is 11.1 Å². The summed E-state index contributed by atoms with van der Waals surface area (Å²) in [5.41, 5.74) is 3.17. The second kappa shape index (κ2) is 8.12. The van der Waals surface area contributed by atoms with Gasteiger partial charge in [-0.2, -0.15) is 23.5 Å². The van der Waals surface area contributed by atoms with Crippen LogP contribution in [0.15, 0.2) is 35.2 Å². The van der Waals surface area contributed by atoms with E-state index in [1.54, 1.807) is 6.07 Å². The maximum absolute atomic E-state index is 13.4. The van der Waals surface area contributed by atoms with Crippen LogP contribution in [0.1, 0.15) is 11.3 Å². The monoisotopic (exact) mass is 511 g/mol. The number of anilines is 2. The molecule has 1 aromatic heterocycles. The molecular weight excluding hydrogens is 504 g/mol. The van der Waals surface area contributed by atoms with Crippen LogP contribution in [-0.4, -0.2) is 18.2 Å². The van der Waals surface area contributed by atoms with Crippen LogP contribution in [0.5, 0.6) is 0 Å². The Morgan fingerprint density at radius 3 is 2.19 bits per heavy atom. The standard InChI is InChI=1S/C17H8Cl2F5N5O2S/c18-9-3-7(17(22,23)24)4-10(19)15(9)29-16(26)14(13(6-25)27-29)28-32(30,31)8-1-2-11(20)12(21)5-8/h1-5,28H,26H2. The normalized spacial score (nSPS) is 11.9. The zero-order valence-electron chi connectivity index (χ0n) is 15.2. The molecule has 0 saturated heterocycles. The first-order valence-corrected chi connectivity index (χ1v) is 10.3. The molecule has 0 aliphatic rings. The van der Waals surface area contributed by atoms with Gasteiger partial charge in [-0.25, -0.2) is 21.9 Å². The minimum absolute atomic E-state index is 0.353. The number of nitrogen functional groups attached to an aromatic ring is 1. The molecule has 3 rings (SSSR count). The van der Waals surface area contributed by atoms with E-state index in [0.29, 0.717) is 28.9 Å². The maximum Gasteiger partial charge on any atom is 0.416 e. The number of aromatic nitrogens is 2. The minimum Gasteiger partial charge on any atom is -0.382 e. The summed E-state index contributed by atoms with van der Waals surface area (Å²) < 4.78 is 93.1. The summed E-state index contributed by atoms with van der Waals surface area (Å²) in [6.07, 6.45) is -4.76. The molecule has 3 aromatic rings. The van der Waals surface area contributed by atoms with Gasteiger partial charge in [-0.05, 0) is 30.3 Å². The highest BCUT2D eigenvalue weighted by Gasteiger charge is 2.33. The van der Waals surface area contributed by atoms with Crippen molar-refractivity contribution in [1.29, 1.82) is 5.26 Å². The molecule has 0 aliphatic heterocycles. The number of sulfonamides is 1. The van der Waals surface area contributed by atoms with Crippen LogP contribution in [0, 0.1) is 23.0 Å². The van der Waals surface area contributed by atoms with E-state index in [0.717, 1.165) is 6.07 Å². The fraction of sp³-hybridized carbons (Fsp3) is 0.0588. The van der Waals surface area contributed by atoms with Gasteiger partial charge in [0.1, 0.15) is 17.4 Å². The third-order valence-corrected chi connectivity index (χ3v) is 5.94. The van der Waals surface area contributed by atoms with Crippen molar-refractivity contribution in [3.05, 3.63) is 63.3 Å². The van der Waals surface area contributed by atoms with E-state index < -0.39 is 65.5 Å². The third kappa shape index (κ3) is 4.29. The molecule has 3 N–H and O–H groups in total. The lowest BCUT2D eigenvalue weighted by Crippen LogP contribution is -2.15. The number of nitriles is 1. The van der Waals surface area contributed by atoms with Crippen LogP contribution >= 0.6 is 23.2 Å². The van der Waals surface area contributed by atoms with Crippen LogP contribution in [0.2, 0.25) is 10.0 Å². The van der Waals surface area contributed by atoms with E-state index in [1.165, 1.54) is 0 Å². The lowest BCUT2D eigenvalue weighted by molar-refractivity contribution is -0.137. The summed E-state index contributed by atoms with van der Waals surface area (Å²) in [5, 5.41) is 12.0. The molecule has 15 heteroatoms. The number of hydrogen-bond acceptors (Lipinski definition) is 5. The fourth-order valence-electron chi connectivity index (χ4n) is 2.55. The van der Waals surface area contributed by atoms with Gasteiger partial charge in [0.15, 0.2) is 23.1 Å². The average Bonchev–Trinajstić information content (AvgIpc) is 2.98. The van der Waals surface area contributed by atoms with Crippen molar-refractivity contribution in [3.63, 3.8) is 0 Å². The number of rotatable bonds is 4. The second-order valence-corrected chi connectivity index (χ2v) is 8.60. The van der Waals surface area contributed by atoms with E-state index in [4.69, 9.17) is 28.9 Å². The summed E-state index contributed by atoms with van der Waals surface area (Å²) >= 11 is 11.8. The van der Waals surface area contributed by atoms with Crippen LogP contribution in [0.3, 0.4) is 0 Å². The van der Waals surface area contributed by atoms with E-state index in [9.17, 15) is 35.6 Å². The highest BCUT2D eigenvalue weighted by Crippen LogP contribution is 2.39. The highest BCUT2D eigenvalue weighted by atomic mass is 35.5. The Labute approximate surface area is 186 Å². The number of hydrogen-bond donors (Lipinski definition) is 2. The van der Waals surface area contributed by atoms with Crippen molar-refractivity contribution < 1.29 is 30.4 Å². The van der Waals surface area contributed by atoms with Crippen LogP contribution < -0.4 is 10.5 Å². The Bertz CT molecular complexity index is 1360. The summed E-state index contributed by atoms with van der Waals surface area (Å²) in [6, 6.07) is 4.37. The predicted molar refractivity (Wildman–Crippen MR) is 105 cm³/mol. The molecule has 0 unspecified atom stereocenters. The first-order valence-electron chi connectivity index (χ1n) is 8.09. The molecule has 168 valence electrons. The van der Waals surface area contributed by atoms with Gasteiger partial charge in [-0.1, -0.05) is 23.2 Å². The van der Waals surface area contributed by atoms with Gasteiger partial charge in [0.05, 0.1) is 20.5 Å². The molecule has 1 heterocycles. The molecule has 0 spiro atoms. The molecule has 0 atom stereocenters. The van der Waals surface area contributed by atoms with Gasteiger partial charge in [0.25, 0.3) is 10.0 Å². The Hall–Kier alpha value is -3.08. The van der Waals surface area contributed by atoms with Gasteiger partial charge in [0.2, 0.25) is 0 Å². The van der Waals surface area contributed by atoms with E-state index >= 15 is 0 Å². The number of nitrogens with two attached hydrogens (primary N) is 1. The molecule has 0 amide bonds. The number of benzene rings is 2. The van der Waals surface area contributed by atoms with Crippen molar-refractivity contribution >= 4 is 44.7 Å². The lowest BCUT2D eigenvalue weighted by Gasteiger charge is -2.13. The SMILES string of the molecule is N#Cc1nn(-c2c(Cl)cc(C(F)(F)F)cc2Cl)c(N)c1NS(=O)(=O)c1ccc(F)c(F)c1. The molecule has 2 aromatic carbocycles. The lowest BCUT2D eigenvalue weighted by atomic mass is 10.2. The van der Waals surface area contributed by atoms with E-state index in [-0.39, 0.29) is 5.69 Å². The number of nitrogens with one attached hydrogen (secondary N) is 1. The zero-order chi connectivity index (χ0) is 24.0. The topological polar surface area (TPSA) is 114 Å². The van der Waals surface area contributed by atoms with Crippen molar-refractivity contribution in [2.75, 3.05) is 10.5 Å². The van der Waals surface area contributed by atoms with Crippen molar-refractivity contribution in [2.24, 2.45) is 0 Å². The van der Waals surface area contributed by atoms with Crippen LogP contribution in [0.4, 0.5) is 33.5 Å². The highest BCUT2D eigenvalue weighted by molar-refractivity contribution is 7.92. The van der Waals surface area contributed by atoms with Crippen molar-refractivity contribution in [3.8, 4) is 11.8 Å². The molecule has 32 heavy (non-hydrogen) atoms. The maximum atomic E-state index is 13.4. The van der Waals surface area contributed by atoms with E-state index in [2.05, 4.69) is 5.10 Å². The first kappa shape index (κ1) is 23.6. The number of alkyl halides is 3. The minimum atomic E-state index is -4.76. The molecule has 0 bridgehead atoms. The van der Waals surface area contributed by atoms with Gasteiger partial charge in [-0.3, -0.25) is 4.72 Å². The van der Waals surface area contributed by atoms with Crippen LogP contribution in [-0.2, 0) is 16.2 Å². The molecule has 0 radical (unpaired) electrons. The summed E-state index contributed by atoms with van der Waals surface area (Å²) in [4.78, 5) is -0.696. The Kier molecular flexibility index (Phi) is 5.98. The zero-order valence-corrected chi connectivity index (χ0v) is 17.5. The largest absolute Gasteiger partial charge is 0.416 e. The quantitative estimate of drug-likeness (QED) is 0.491. The molecular formula is C17H8Cl2F5N5O2S. The first-order chi connectivity index (χ1) is 14.8. The smallest absolute Gasteiger partial charge is 0.382 e. The van der Waals surface area contributed by atoms with Gasteiger partial charge in [0, 0.05) is 0 Å². The summed E-state index contributed by atoms with van der Waals surface area (Å²) in [6.45, 7) is 0. The van der Waals surface area contributed by atoms with Gasteiger partial charge >= 0.3 is 6.18 Å². The summed E-state index contributed by atoms with van der Waals surface area (Å²) in [5.74, 6) is -3.29. The molecule has 0 fully saturated rings. The Morgan fingerprint density at radius 2 is 1.69 bits per heavy atom. The average molecular weight is 512 g/mol. The summed E-state index contributed by atoms with van der Waals surface area (Å²) in [7, 11) is -4.58. The Morgan fingerprint density at radius 1 is 1.09 bits per heavy atom. The van der Waals surface area contributed by atoms with E-state index in [1.807, 2.05) is 4.72 Å². The number of halogens is 7. The third-order valence-electron chi connectivity index (χ3n) is 4.02. The second-order valence-electron chi connectivity index (χ2n) is 6.10. The fourth-order valence-corrected chi connectivity index (χ4v) is 4.29. The van der Waals surface area contributed by atoms with Crippen molar-refractivity contribution in [1.82, 2.24) is 9.78 Å². The molecule has 0 saturated carbocycles. The van der Waals surface area contributed by atoms with Crippen LogP contribution in [0.25, 0.3) is 5.69 Å².